The van der Waals surface area contributed by atoms with Gasteiger partial charge < -0.3 is 19.7 Å². The zero-order valence-electron chi connectivity index (χ0n) is 22.1. The van der Waals surface area contributed by atoms with Gasteiger partial charge in [-0.3, -0.25) is 0 Å². The van der Waals surface area contributed by atoms with Gasteiger partial charge in [-0.2, -0.15) is 0 Å². The van der Waals surface area contributed by atoms with Gasteiger partial charge in [0.1, 0.15) is 0 Å². The van der Waals surface area contributed by atoms with Crippen LogP contribution < -0.4 is 0 Å². The highest BCUT2D eigenvalue weighted by Gasteiger charge is 2.37. The molecule has 2 rings (SSSR count). The van der Waals surface area contributed by atoms with Crippen molar-refractivity contribution in [3.8, 4) is 0 Å². The van der Waals surface area contributed by atoms with Gasteiger partial charge in [-0.15, -0.1) is 0 Å². The van der Waals surface area contributed by atoms with Crippen molar-refractivity contribution in [2.24, 2.45) is 23.7 Å². The predicted molar refractivity (Wildman–Crippen MR) is 133 cm³/mol. The summed E-state index contributed by atoms with van der Waals surface area (Å²) in [4.78, 5) is 0. The highest BCUT2D eigenvalue weighted by atomic mass is 16.6. The van der Waals surface area contributed by atoms with Crippen LogP contribution in [-0.4, -0.2) is 47.6 Å². The average molecular weight is 439 g/mol. The van der Waals surface area contributed by atoms with E-state index in [1.165, 1.54) is 32.1 Å². The van der Waals surface area contributed by atoms with Crippen LogP contribution in [0.4, 0.5) is 0 Å². The largest absolute Gasteiger partial charge is 0.633 e. The highest BCUT2D eigenvalue weighted by Crippen LogP contribution is 2.40. The molecule has 2 aliphatic carbocycles. The molecule has 0 bridgehead atoms. The summed E-state index contributed by atoms with van der Waals surface area (Å²) in [5.74, 6) is 2.78. The van der Waals surface area contributed by atoms with Crippen LogP contribution in [0.1, 0.15) is 112 Å². The summed E-state index contributed by atoms with van der Waals surface area (Å²) < 4.78 is -0.0743. The first kappa shape index (κ1) is 27.1. The second kappa shape index (κ2) is 11.3. The first-order valence-corrected chi connectivity index (χ1v) is 13.5. The Morgan fingerprint density at radius 2 is 0.871 bits per heavy atom. The summed E-state index contributed by atoms with van der Waals surface area (Å²) in [6, 6.07) is 0.993. The van der Waals surface area contributed by atoms with Crippen molar-refractivity contribution in [2.45, 2.75) is 136 Å². The van der Waals surface area contributed by atoms with Crippen molar-refractivity contribution in [3.05, 3.63) is 10.4 Å². The van der Waals surface area contributed by atoms with Gasteiger partial charge in [0.25, 0.3) is 0 Å². The Labute approximate surface area is 194 Å². The minimum absolute atomic E-state index is 0.0371. The Morgan fingerprint density at radius 1 is 0.581 bits per heavy atom. The van der Waals surface area contributed by atoms with Gasteiger partial charge in [0.05, 0.1) is 38.3 Å². The van der Waals surface area contributed by atoms with E-state index in [2.05, 4.69) is 41.5 Å². The predicted octanol–water partition coefficient (Wildman–Crippen LogP) is 7.25. The lowest BCUT2D eigenvalue weighted by Gasteiger charge is -2.53. The molecular weight excluding hydrogens is 384 g/mol. The number of quaternary nitrogens is 2. The lowest BCUT2D eigenvalue weighted by atomic mass is 9.75. The molecule has 31 heavy (non-hydrogen) atoms. The first-order chi connectivity index (χ1) is 14.3. The van der Waals surface area contributed by atoms with E-state index in [0.29, 0.717) is 23.9 Å². The molecule has 2 fully saturated rings. The van der Waals surface area contributed by atoms with Crippen molar-refractivity contribution < 1.29 is 9.29 Å². The Morgan fingerprint density at radius 3 is 1.13 bits per heavy atom. The zero-order chi connectivity index (χ0) is 23.4. The molecule has 2 saturated carbocycles. The second-order valence-corrected chi connectivity index (χ2v) is 12.7. The second-order valence-electron chi connectivity index (χ2n) is 12.7. The third-order valence-electron chi connectivity index (χ3n) is 9.12. The molecule has 0 amide bonds. The molecule has 0 heterocycles. The standard InChI is InChI=1S/C27H54N2O2/c1-20(2)17-22(5)28(7,30)26-13-9-24(10-14-26)19-25-11-15-27(16-12-25)29(8,31)23(6)18-21(3)4/h20-27H,9-19H2,1-8H3. The van der Waals surface area contributed by atoms with Crippen molar-refractivity contribution in [1.82, 2.24) is 0 Å². The third-order valence-corrected chi connectivity index (χ3v) is 9.12. The van der Waals surface area contributed by atoms with Crippen molar-refractivity contribution in [1.29, 1.82) is 0 Å². The van der Waals surface area contributed by atoms with Crippen LogP contribution in [0.2, 0.25) is 0 Å². The number of nitrogens with zero attached hydrogens (tertiary/aromatic N) is 2. The fourth-order valence-corrected chi connectivity index (χ4v) is 6.76. The van der Waals surface area contributed by atoms with E-state index in [9.17, 15) is 10.4 Å². The molecule has 184 valence electrons. The van der Waals surface area contributed by atoms with E-state index >= 15 is 0 Å². The molecule has 2 aliphatic rings. The van der Waals surface area contributed by atoms with Crippen LogP contribution in [0.3, 0.4) is 0 Å². The van der Waals surface area contributed by atoms with E-state index in [4.69, 9.17) is 0 Å². The molecule has 4 nitrogen and oxygen atoms in total. The van der Waals surface area contributed by atoms with E-state index in [1.807, 2.05) is 14.1 Å². The summed E-state index contributed by atoms with van der Waals surface area (Å²) in [5.41, 5.74) is 0. The van der Waals surface area contributed by atoms with Gasteiger partial charge in [0, 0.05) is 12.8 Å². The smallest absolute Gasteiger partial charge is 0.0887 e. The molecule has 4 atom stereocenters. The molecule has 4 unspecified atom stereocenters. The fourth-order valence-electron chi connectivity index (χ4n) is 6.76. The lowest BCUT2D eigenvalue weighted by molar-refractivity contribution is -0.911. The molecule has 0 aromatic rings. The van der Waals surface area contributed by atoms with Crippen LogP contribution in [0.5, 0.6) is 0 Å². The SMILES string of the molecule is CC(C)CC(C)[N+](C)([O-])C1CCC(CC2CCC([N+](C)([O-])C(C)CC(C)C)CC2)CC1. The van der Waals surface area contributed by atoms with Gasteiger partial charge in [-0.05, 0) is 95.3 Å². The summed E-state index contributed by atoms with van der Waals surface area (Å²) >= 11 is 0. The van der Waals surface area contributed by atoms with Gasteiger partial charge in [0.15, 0.2) is 0 Å². The maximum atomic E-state index is 13.3. The molecule has 0 N–H and O–H groups in total. The van der Waals surface area contributed by atoms with Crippen molar-refractivity contribution >= 4 is 0 Å². The van der Waals surface area contributed by atoms with Crippen LogP contribution in [-0.2, 0) is 0 Å². The van der Waals surface area contributed by atoms with Gasteiger partial charge in [-0.1, -0.05) is 27.7 Å². The van der Waals surface area contributed by atoms with Crippen LogP contribution in [0, 0.1) is 34.1 Å². The Balaban J connectivity index is 1.77. The molecule has 0 aromatic heterocycles. The topological polar surface area (TPSA) is 46.1 Å². The molecule has 0 saturated heterocycles. The highest BCUT2D eigenvalue weighted by molar-refractivity contribution is 4.81. The summed E-state index contributed by atoms with van der Waals surface area (Å²) in [5, 5.41) is 26.7. The first-order valence-electron chi connectivity index (χ1n) is 13.5. The normalized spacial score (nSPS) is 33.7. The number of hydrogen-bond acceptors (Lipinski definition) is 2. The molecule has 0 spiro atoms. The van der Waals surface area contributed by atoms with Crippen LogP contribution >= 0.6 is 0 Å². The maximum Gasteiger partial charge on any atom is 0.0887 e. The third kappa shape index (κ3) is 7.42. The Bertz CT molecular complexity index is 469. The maximum absolute atomic E-state index is 13.3. The van der Waals surface area contributed by atoms with Crippen LogP contribution in [0.25, 0.3) is 0 Å². The van der Waals surface area contributed by atoms with Crippen molar-refractivity contribution in [3.63, 3.8) is 0 Å². The summed E-state index contributed by atoms with van der Waals surface area (Å²) in [7, 11) is 3.86. The van der Waals surface area contributed by atoms with Gasteiger partial charge in [0.2, 0.25) is 0 Å². The minimum Gasteiger partial charge on any atom is -0.633 e. The molecular formula is C27H54N2O2. The minimum atomic E-state index is -0.0371. The van der Waals surface area contributed by atoms with Crippen molar-refractivity contribution in [2.75, 3.05) is 14.1 Å². The van der Waals surface area contributed by atoms with E-state index in [1.54, 1.807) is 0 Å². The van der Waals surface area contributed by atoms with Gasteiger partial charge in [-0.25, -0.2) is 0 Å². The molecule has 0 radical (unpaired) electrons. The van der Waals surface area contributed by atoms with Gasteiger partial charge >= 0.3 is 0 Å². The molecule has 4 heteroatoms. The van der Waals surface area contributed by atoms with E-state index in [0.717, 1.165) is 50.4 Å². The number of hydrogen-bond donors (Lipinski definition) is 0. The Kier molecular flexibility index (Phi) is 9.88. The summed E-state index contributed by atoms with van der Waals surface area (Å²) in [6.07, 6.45) is 12.7. The molecule has 0 aliphatic heterocycles. The Hall–Kier alpha value is -0.160. The summed E-state index contributed by atoms with van der Waals surface area (Å²) in [6.45, 7) is 13.2. The van der Waals surface area contributed by atoms with E-state index < -0.39 is 0 Å². The molecule has 0 aromatic carbocycles. The monoisotopic (exact) mass is 438 g/mol. The van der Waals surface area contributed by atoms with Crippen LogP contribution in [0.15, 0.2) is 0 Å². The quantitative estimate of drug-likeness (QED) is 0.266. The number of rotatable bonds is 10. The fraction of sp³-hybridized carbons (Fsp3) is 1.00. The number of hydroxylamine groups is 6. The zero-order valence-corrected chi connectivity index (χ0v) is 22.1. The lowest BCUT2D eigenvalue weighted by Crippen LogP contribution is -2.55. The van der Waals surface area contributed by atoms with E-state index in [-0.39, 0.29) is 21.4 Å². The average Bonchev–Trinajstić information content (AvgIpc) is 2.67.